The molecule has 0 spiro atoms. The largest absolute Gasteiger partial charge is 0.462 e. The third kappa shape index (κ3) is 21.9. The highest BCUT2D eigenvalue weighted by atomic mass is 16.5. The fraction of sp³-hybridized carbons (Fsp3) is 0.613. The molecule has 0 bridgehead atoms. The van der Waals surface area contributed by atoms with E-state index in [0.29, 0.717) is 24.8 Å². The lowest BCUT2D eigenvalue weighted by atomic mass is 10.0. The Hall–Kier alpha value is -3.56. The Morgan fingerprint density at radius 3 is 1.02 bits per heavy atom. The first kappa shape index (κ1) is 37.4. The number of unbranched alkanes of at least 4 members (excludes halogenated alkanes) is 2. The normalized spacial score (nSPS) is 10.4. The first-order valence-electron chi connectivity index (χ1n) is 14.1. The number of ketones is 6. The van der Waals surface area contributed by atoms with Gasteiger partial charge in [0, 0.05) is 88.2 Å². The summed E-state index contributed by atoms with van der Waals surface area (Å²) in [5, 5.41) is 0. The van der Waals surface area contributed by atoms with E-state index in [9.17, 15) is 38.4 Å². The van der Waals surface area contributed by atoms with Crippen LogP contribution in [0.2, 0.25) is 0 Å². The van der Waals surface area contributed by atoms with Gasteiger partial charge < -0.3 is 9.47 Å². The Morgan fingerprint density at radius 2 is 0.683 bits per heavy atom. The highest BCUT2D eigenvalue weighted by Crippen LogP contribution is 2.10. The van der Waals surface area contributed by atoms with Crippen LogP contribution in [-0.2, 0) is 47.8 Å². The number of hydrogen-bond donors (Lipinski definition) is 0. The smallest absolute Gasteiger partial charge is 0.333 e. The average molecular weight is 577 g/mol. The Kier molecular flexibility index (Phi) is 20.2. The van der Waals surface area contributed by atoms with Crippen LogP contribution in [0.3, 0.4) is 0 Å². The van der Waals surface area contributed by atoms with Crippen molar-refractivity contribution in [3.8, 4) is 0 Å². The summed E-state index contributed by atoms with van der Waals surface area (Å²) in [4.78, 5) is 94.2. The van der Waals surface area contributed by atoms with Crippen LogP contribution < -0.4 is 0 Å². The molecule has 10 heteroatoms. The lowest BCUT2D eigenvalue weighted by molar-refractivity contribution is -0.140. The summed E-state index contributed by atoms with van der Waals surface area (Å²) < 4.78 is 9.80. The number of hydrogen-bond acceptors (Lipinski definition) is 10. The van der Waals surface area contributed by atoms with Crippen molar-refractivity contribution >= 4 is 46.6 Å². The molecule has 0 aliphatic carbocycles. The third-order valence-electron chi connectivity index (χ3n) is 6.06. The van der Waals surface area contributed by atoms with Gasteiger partial charge in [-0.25, -0.2) is 9.59 Å². The maximum absolute atomic E-state index is 12.0. The van der Waals surface area contributed by atoms with Crippen LogP contribution in [0, 0.1) is 0 Å². The fourth-order valence-electron chi connectivity index (χ4n) is 3.41. The summed E-state index contributed by atoms with van der Waals surface area (Å²) in [6, 6.07) is 0. The number of ether oxygens (including phenoxy) is 2. The average Bonchev–Trinajstić information content (AvgIpc) is 2.92. The first-order chi connectivity index (χ1) is 19.3. The van der Waals surface area contributed by atoms with Crippen molar-refractivity contribution < 1.29 is 47.8 Å². The minimum atomic E-state index is -0.578. The van der Waals surface area contributed by atoms with Crippen LogP contribution >= 0.6 is 0 Å². The third-order valence-corrected chi connectivity index (χ3v) is 6.06. The van der Waals surface area contributed by atoms with Gasteiger partial charge in [-0.15, -0.1) is 0 Å². The van der Waals surface area contributed by atoms with E-state index in [1.165, 1.54) is 6.92 Å². The SMILES string of the molecule is C=C(C)C(=O)OCCCCCC(=O)CCC(=O)CCC(=O)CCC(=O)CCC(=O)CCC(=O)CCOC(=O)C(=C)C. The zero-order chi connectivity index (χ0) is 31.2. The highest BCUT2D eigenvalue weighted by molar-refractivity contribution is 5.92. The Bertz CT molecular complexity index is 989. The maximum atomic E-state index is 12.0. The minimum Gasteiger partial charge on any atom is -0.462 e. The number of carbonyl (C=O) groups excluding carboxylic acids is 8. The summed E-state index contributed by atoms with van der Waals surface area (Å²) in [5.74, 6) is -2.15. The second-order valence-corrected chi connectivity index (χ2v) is 10.1. The van der Waals surface area contributed by atoms with E-state index in [0.717, 1.165) is 6.42 Å². The predicted molar refractivity (Wildman–Crippen MR) is 151 cm³/mol. The molecule has 228 valence electrons. The summed E-state index contributed by atoms with van der Waals surface area (Å²) in [6.45, 7) is 10.2. The van der Waals surface area contributed by atoms with Gasteiger partial charge >= 0.3 is 11.9 Å². The molecule has 0 aromatic carbocycles. The number of rotatable bonds is 26. The van der Waals surface area contributed by atoms with Crippen LogP contribution in [0.4, 0.5) is 0 Å². The molecule has 0 N–H and O–H groups in total. The van der Waals surface area contributed by atoms with Crippen molar-refractivity contribution in [2.24, 2.45) is 0 Å². The van der Waals surface area contributed by atoms with Crippen molar-refractivity contribution in [1.82, 2.24) is 0 Å². The molecule has 0 atom stereocenters. The van der Waals surface area contributed by atoms with E-state index in [1.807, 2.05) is 0 Å². The van der Waals surface area contributed by atoms with Gasteiger partial charge in [0.2, 0.25) is 0 Å². The standard InChI is InChI=1S/C31H44O10/c1-22(2)30(38)40-20-7-5-6-8-24(32)9-10-25(33)11-12-26(34)13-14-27(35)15-16-28(36)17-18-29(37)19-21-41-31(39)23(3)4/h1,3,5-21H2,2,4H3. The number of esters is 2. The Balaban J connectivity index is 3.87. The number of Topliss-reactive ketones (excluding diaryl/α,β-unsaturated/α-hetero) is 6. The predicted octanol–water partition coefficient (Wildman–Crippen LogP) is 4.49. The van der Waals surface area contributed by atoms with Gasteiger partial charge in [0.25, 0.3) is 0 Å². The molecule has 0 saturated carbocycles. The van der Waals surface area contributed by atoms with E-state index >= 15 is 0 Å². The maximum Gasteiger partial charge on any atom is 0.333 e. The molecule has 0 aliphatic rings. The van der Waals surface area contributed by atoms with Gasteiger partial charge in [-0.2, -0.15) is 0 Å². The first-order valence-corrected chi connectivity index (χ1v) is 14.1. The molecular formula is C31H44O10. The molecule has 0 heterocycles. The molecule has 0 radical (unpaired) electrons. The number of carbonyl (C=O) groups is 8. The quantitative estimate of drug-likeness (QED) is 0.0817. The second kappa shape index (κ2) is 22.2. The minimum absolute atomic E-state index is 0.00292. The zero-order valence-corrected chi connectivity index (χ0v) is 24.5. The van der Waals surface area contributed by atoms with Crippen molar-refractivity contribution in [2.45, 2.75) is 110 Å². The molecule has 0 rings (SSSR count). The lowest BCUT2D eigenvalue weighted by Crippen LogP contribution is -2.12. The lowest BCUT2D eigenvalue weighted by Gasteiger charge is -2.05. The topological polar surface area (TPSA) is 155 Å². The van der Waals surface area contributed by atoms with Gasteiger partial charge in [-0.1, -0.05) is 13.2 Å². The van der Waals surface area contributed by atoms with Crippen LogP contribution in [0.1, 0.15) is 110 Å². The molecule has 0 aromatic heterocycles. The molecule has 0 amide bonds. The molecule has 41 heavy (non-hydrogen) atoms. The fourth-order valence-corrected chi connectivity index (χ4v) is 3.41. The molecule has 0 fully saturated rings. The van der Waals surface area contributed by atoms with Gasteiger partial charge in [0.1, 0.15) is 34.7 Å². The molecule has 0 saturated heterocycles. The second-order valence-electron chi connectivity index (χ2n) is 10.1. The summed E-state index contributed by atoms with van der Waals surface area (Å²) in [5.41, 5.74) is 0.573. The monoisotopic (exact) mass is 576 g/mol. The summed E-state index contributed by atoms with van der Waals surface area (Å²) in [6.07, 6.45) is 2.52. The van der Waals surface area contributed by atoms with E-state index in [4.69, 9.17) is 9.47 Å². The van der Waals surface area contributed by atoms with Crippen LogP contribution in [0.5, 0.6) is 0 Å². The highest BCUT2D eigenvalue weighted by Gasteiger charge is 2.14. The molecule has 0 aromatic rings. The molecular weight excluding hydrogens is 532 g/mol. The van der Waals surface area contributed by atoms with Crippen LogP contribution in [0.15, 0.2) is 24.3 Å². The van der Waals surface area contributed by atoms with Gasteiger partial charge in [0.15, 0.2) is 0 Å². The van der Waals surface area contributed by atoms with Crippen LogP contribution in [-0.4, -0.2) is 59.9 Å². The van der Waals surface area contributed by atoms with E-state index < -0.39 is 11.9 Å². The van der Waals surface area contributed by atoms with E-state index in [2.05, 4.69) is 13.2 Å². The molecule has 0 unspecified atom stereocenters. The van der Waals surface area contributed by atoms with Crippen molar-refractivity contribution in [2.75, 3.05) is 13.2 Å². The van der Waals surface area contributed by atoms with Gasteiger partial charge in [0.05, 0.1) is 13.2 Å². The zero-order valence-electron chi connectivity index (χ0n) is 24.5. The van der Waals surface area contributed by atoms with Gasteiger partial charge in [-0.3, -0.25) is 28.8 Å². The van der Waals surface area contributed by atoms with E-state index in [-0.39, 0.29) is 124 Å². The van der Waals surface area contributed by atoms with Crippen molar-refractivity contribution in [1.29, 1.82) is 0 Å². The van der Waals surface area contributed by atoms with Gasteiger partial charge in [-0.05, 0) is 33.1 Å². The summed E-state index contributed by atoms with van der Waals surface area (Å²) >= 11 is 0. The Labute approximate surface area is 242 Å². The van der Waals surface area contributed by atoms with Crippen molar-refractivity contribution in [3.05, 3.63) is 24.3 Å². The van der Waals surface area contributed by atoms with E-state index in [1.54, 1.807) is 6.92 Å². The molecule has 0 aliphatic heterocycles. The Morgan fingerprint density at radius 1 is 0.390 bits per heavy atom. The van der Waals surface area contributed by atoms with Crippen molar-refractivity contribution in [3.63, 3.8) is 0 Å². The van der Waals surface area contributed by atoms with Crippen LogP contribution in [0.25, 0.3) is 0 Å². The summed E-state index contributed by atoms with van der Waals surface area (Å²) in [7, 11) is 0. The molecule has 10 nitrogen and oxygen atoms in total.